The molecule has 4 aromatic rings. The molecular formula is C19H20N8. The van der Waals surface area contributed by atoms with Crippen LogP contribution < -0.4 is 11.1 Å². The number of aromatic nitrogens is 6. The first-order valence-electron chi connectivity index (χ1n) is 9.07. The predicted octanol–water partition coefficient (Wildman–Crippen LogP) is 2.13. The summed E-state index contributed by atoms with van der Waals surface area (Å²) in [6, 6.07) is 8.49. The quantitative estimate of drug-likeness (QED) is 0.514. The van der Waals surface area contributed by atoms with Gasteiger partial charge in [-0.15, -0.1) is 5.10 Å². The molecule has 8 nitrogen and oxygen atoms in total. The minimum atomic E-state index is 0.445. The second kappa shape index (κ2) is 6.39. The van der Waals surface area contributed by atoms with E-state index in [-0.39, 0.29) is 0 Å². The lowest BCUT2D eigenvalue weighted by atomic mass is 10.0. The molecule has 0 fully saturated rings. The molecule has 27 heavy (non-hydrogen) atoms. The molecule has 0 radical (unpaired) electrons. The van der Waals surface area contributed by atoms with Gasteiger partial charge in [0.15, 0.2) is 0 Å². The molecule has 0 unspecified atom stereocenters. The summed E-state index contributed by atoms with van der Waals surface area (Å²) in [6.45, 7) is 1.79. The van der Waals surface area contributed by atoms with Crippen molar-refractivity contribution in [2.75, 3.05) is 17.6 Å². The van der Waals surface area contributed by atoms with Crippen LogP contribution in [0.25, 0.3) is 11.2 Å². The molecular weight excluding hydrogens is 340 g/mol. The number of rotatable bonds is 4. The number of nitrogens with two attached hydrogens (primary N) is 1. The fraction of sp³-hybridized carbons (Fsp3) is 0.263. The second-order valence-corrected chi connectivity index (χ2v) is 6.95. The van der Waals surface area contributed by atoms with Crippen molar-refractivity contribution in [3.63, 3.8) is 0 Å². The Bertz CT molecular complexity index is 1110. The Balaban J connectivity index is 1.36. The maximum atomic E-state index is 5.88. The van der Waals surface area contributed by atoms with Gasteiger partial charge in [0.2, 0.25) is 5.65 Å². The Labute approximate surface area is 155 Å². The highest BCUT2D eigenvalue weighted by atomic mass is 15.3. The normalized spacial score (nSPS) is 13.5. The van der Waals surface area contributed by atoms with Crippen LogP contribution in [0.2, 0.25) is 0 Å². The standard InChI is InChI=1S/C19H20N8/c20-17-8-15(18-19(23-17)25-26-24-18)6-13-9-22-27(11-13)10-12-3-4-14-2-1-5-21-16(14)7-12/h3-4,7-9,11,21H,1-2,5-6,10H2,(H3,20,23,24,25,26). The van der Waals surface area contributed by atoms with Crippen LogP contribution in [0.5, 0.6) is 0 Å². The molecule has 1 aromatic carbocycles. The van der Waals surface area contributed by atoms with Crippen molar-refractivity contribution in [2.24, 2.45) is 0 Å². The van der Waals surface area contributed by atoms with Gasteiger partial charge in [0.1, 0.15) is 11.3 Å². The van der Waals surface area contributed by atoms with Crippen molar-refractivity contribution in [3.8, 4) is 0 Å². The Morgan fingerprint density at radius 3 is 3.07 bits per heavy atom. The maximum Gasteiger partial charge on any atom is 0.203 e. The molecule has 0 saturated heterocycles. The number of hydrogen-bond acceptors (Lipinski definition) is 6. The van der Waals surface area contributed by atoms with Gasteiger partial charge in [0, 0.05) is 24.8 Å². The Morgan fingerprint density at radius 1 is 1.15 bits per heavy atom. The highest BCUT2D eigenvalue weighted by Gasteiger charge is 2.12. The van der Waals surface area contributed by atoms with E-state index in [1.807, 2.05) is 16.9 Å². The molecule has 0 amide bonds. The van der Waals surface area contributed by atoms with Crippen molar-refractivity contribution in [3.05, 3.63) is 58.9 Å². The molecule has 0 aliphatic carbocycles. The smallest absolute Gasteiger partial charge is 0.203 e. The van der Waals surface area contributed by atoms with E-state index >= 15 is 0 Å². The largest absolute Gasteiger partial charge is 0.385 e. The number of fused-ring (bicyclic) bond motifs is 2. The number of aromatic amines is 1. The Hall–Kier alpha value is -3.42. The van der Waals surface area contributed by atoms with E-state index in [0.29, 0.717) is 17.9 Å². The number of anilines is 2. The third-order valence-corrected chi connectivity index (χ3v) is 4.93. The number of pyridine rings is 1. The van der Waals surface area contributed by atoms with Crippen LogP contribution in [0.4, 0.5) is 11.5 Å². The highest BCUT2D eigenvalue weighted by molar-refractivity contribution is 5.76. The van der Waals surface area contributed by atoms with E-state index in [0.717, 1.165) is 36.2 Å². The van der Waals surface area contributed by atoms with Crippen molar-refractivity contribution < 1.29 is 0 Å². The number of nitrogen functional groups attached to an aromatic ring is 1. The molecule has 136 valence electrons. The molecule has 0 saturated carbocycles. The van der Waals surface area contributed by atoms with E-state index in [9.17, 15) is 0 Å². The molecule has 5 rings (SSSR count). The SMILES string of the molecule is Nc1cc(Cc2cnn(Cc3ccc4c(c3)NCCC4)c2)c2n[nH]nc2n1. The first-order valence-corrected chi connectivity index (χ1v) is 9.07. The lowest BCUT2D eigenvalue weighted by Crippen LogP contribution is -2.12. The van der Waals surface area contributed by atoms with Crippen molar-refractivity contribution >= 4 is 22.7 Å². The van der Waals surface area contributed by atoms with Crippen LogP contribution in [-0.2, 0) is 19.4 Å². The van der Waals surface area contributed by atoms with Gasteiger partial charge in [-0.25, -0.2) is 4.98 Å². The van der Waals surface area contributed by atoms with Crippen LogP contribution in [0, 0.1) is 0 Å². The summed E-state index contributed by atoms with van der Waals surface area (Å²) < 4.78 is 1.96. The summed E-state index contributed by atoms with van der Waals surface area (Å²) in [5, 5.41) is 18.8. The molecule has 1 aliphatic heterocycles. The monoisotopic (exact) mass is 360 g/mol. The van der Waals surface area contributed by atoms with E-state index in [1.165, 1.54) is 23.2 Å². The van der Waals surface area contributed by atoms with Crippen molar-refractivity contribution in [2.45, 2.75) is 25.8 Å². The van der Waals surface area contributed by atoms with Crippen LogP contribution in [-0.4, -0.2) is 36.7 Å². The van der Waals surface area contributed by atoms with Crippen LogP contribution in [0.15, 0.2) is 36.7 Å². The minimum Gasteiger partial charge on any atom is -0.385 e. The average Bonchev–Trinajstić information content (AvgIpc) is 3.31. The van der Waals surface area contributed by atoms with Gasteiger partial charge in [-0.05, 0) is 47.2 Å². The number of nitrogens with one attached hydrogen (secondary N) is 2. The van der Waals surface area contributed by atoms with Gasteiger partial charge in [0.25, 0.3) is 0 Å². The first kappa shape index (κ1) is 15.8. The third-order valence-electron chi connectivity index (χ3n) is 4.93. The third kappa shape index (κ3) is 3.10. The summed E-state index contributed by atoms with van der Waals surface area (Å²) in [6.07, 6.45) is 6.99. The van der Waals surface area contributed by atoms with E-state index in [2.05, 4.69) is 55.2 Å². The fourth-order valence-corrected chi connectivity index (χ4v) is 3.65. The topological polar surface area (TPSA) is 110 Å². The van der Waals surface area contributed by atoms with E-state index < -0.39 is 0 Å². The van der Waals surface area contributed by atoms with Crippen LogP contribution in [0.1, 0.15) is 28.7 Å². The lowest BCUT2D eigenvalue weighted by Gasteiger charge is -2.18. The van der Waals surface area contributed by atoms with Gasteiger partial charge in [-0.1, -0.05) is 12.1 Å². The molecule has 4 heterocycles. The summed E-state index contributed by atoms with van der Waals surface area (Å²) in [5.41, 5.74) is 13.2. The average molecular weight is 360 g/mol. The number of nitrogens with zero attached hydrogens (tertiary/aromatic N) is 5. The van der Waals surface area contributed by atoms with Gasteiger partial charge in [-0.3, -0.25) is 4.68 Å². The minimum absolute atomic E-state index is 0.445. The summed E-state index contributed by atoms with van der Waals surface area (Å²) in [4.78, 5) is 4.18. The number of benzene rings is 1. The van der Waals surface area contributed by atoms with Gasteiger partial charge in [0.05, 0.1) is 12.7 Å². The van der Waals surface area contributed by atoms with Gasteiger partial charge >= 0.3 is 0 Å². The summed E-state index contributed by atoms with van der Waals surface area (Å²) in [7, 11) is 0. The maximum absolute atomic E-state index is 5.88. The fourth-order valence-electron chi connectivity index (χ4n) is 3.65. The van der Waals surface area contributed by atoms with Crippen molar-refractivity contribution in [1.29, 1.82) is 0 Å². The van der Waals surface area contributed by atoms with E-state index in [1.54, 1.807) is 0 Å². The van der Waals surface area contributed by atoms with Gasteiger partial charge < -0.3 is 11.1 Å². The van der Waals surface area contributed by atoms with Gasteiger partial charge in [-0.2, -0.15) is 15.4 Å². The van der Waals surface area contributed by atoms with Crippen LogP contribution in [0.3, 0.4) is 0 Å². The zero-order valence-electron chi connectivity index (χ0n) is 14.8. The number of hydrogen-bond donors (Lipinski definition) is 3. The molecule has 3 aromatic heterocycles. The highest BCUT2D eigenvalue weighted by Crippen LogP contribution is 2.24. The number of aryl methyl sites for hydroxylation is 1. The summed E-state index contributed by atoms with van der Waals surface area (Å²) >= 11 is 0. The number of H-pyrrole nitrogens is 1. The van der Waals surface area contributed by atoms with Crippen molar-refractivity contribution in [1.82, 2.24) is 30.2 Å². The molecule has 1 aliphatic rings. The molecule has 0 bridgehead atoms. The zero-order valence-corrected chi connectivity index (χ0v) is 14.8. The molecule has 0 atom stereocenters. The lowest BCUT2D eigenvalue weighted by molar-refractivity contribution is 0.685. The molecule has 4 N–H and O–H groups in total. The summed E-state index contributed by atoms with van der Waals surface area (Å²) in [5.74, 6) is 0.445. The van der Waals surface area contributed by atoms with E-state index in [4.69, 9.17) is 5.73 Å². The Morgan fingerprint density at radius 2 is 2.11 bits per heavy atom. The second-order valence-electron chi connectivity index (χ2n) is 6.95. The van der Waals surface area contributed by atoms with Crippen LogP contribution >= 0.6 is 0 Å². The molecule has 0 spiro atoms. The first-order chi connectivity index (χ1) is 13.2. The Kier molecular flexibility index (Phi) is 3.74. The predicted molar refractivity (Wildman–Crippen MR) is 103 cm³/mol. The zero-order chi connectivity index (χ0) is 18.2. The molecule has 8 heteroatoms.